The molecular formula is C21H37BrO2. The first-order valence-corrected chi connectivity index (χ1v) is 11.4. The van der Waals surface area contributed by atoms with E-state index in [0.717, 1.165) is 47.8 Å². The highest BCUT2D eigenvalue weighted by Gasteiger charge is 2.52. The van der Waals surface area contributed by atoms with Gasteiger partial charge < -0.3 is 9.84 Å². The molecule has 0 bridgehead atoms. The van der Waals surface area contributed by atoms with Gasteiger partial charge in [-0.25, -0.2) is 0 Å². The van der Waals surface area contributed by atoms with Gasteiger partial charge in [0.1, 0.15) is 0 Å². The van der Waals surface area contributed by atoms with E-state index in [4.69, 9.17) is 4.74 Å². The molecule has 3 saturated carbocycles. The van der Waals surface area contributed by atoms with Crippen LogP contribution in [0.4, 0.5) is 0 Å². The minimum atomic E-state index is -0.548. The Morgan fingerprint density at radius 3 is 2.50 bits per heavy atom. The van der Waals surface area contributed by atoms with Crippen LogP contribution in [0.15, 0.2) is 0 Å². The third-order valence-electron chi connectivity index (χ3n) is 7.80. The first kappa shape index (κ1) is 19.2. The first-order chi connectivity index (χ1) is 11.4. The minimum absolute atomic E-state index is 0.506. The molecule has 3 aliphatic rings. The second-order valence-corrected chi connectivity index (χ2v) is 10.3. The molecule has 1 N–H and O–H groups in total. The van der Waals surface area contributed by atoms with Gasteiger partial charge in [-0.1, -0.05) is 29.8 Å². The number of ether oxygens (including phenoxy) is 1. The summed E-state index contributed by atoms with van der Waals surface area (Å²) in [7, 11) is 0. The van der Waals surface area contributed by atoms with E-state index in [1.165, 1.54) is 38.5 Å². The lowest BCUT2D eigenvalue weighted by atomic mass is 9.49. The van der Waals surface area contributed by atoms with E-state index < -0.39 is 5.60 Å². The average molecular weight is 401 g/mol. The highest BCUT2D eigenvalue weighted by atomic mass is 79.9. The van der Waals surface area contributed by atoms with Crippen molar-refractivity contribution >= 4 is 15.9 Å². The van der Waals surface area contributed by atoms with Crippen molar-refractivity contribution in [2.75, 3.05) is 18.5 Å². The van der Waals surface area contributed by atoms with E-state index in [2.05, 4.69) is 29.8 Å². The molecule has 24 heavy (non-hydrogen) atoms. The summed E-state index contributed by atoms with van der Waals surface area (Å²) < 4.78 is 5.58. The van der Waals surface area contributed by atoms with Crippen LogP contribution in [0, 0.1) is 35.0 Å². The summed E-state index contributed by atoms with van der Waals surface area (Å²) in [4.78, 5) is 0. The Kier molecular flexibility index (Phi) is 6.04. The van der Waals surface area contributed by atoms with Gasteiger partial charge in [0.2, 0.25) is 0 Å². The van der Waals surface area contributed by atoms with E-state index in [1.807, 2.05) is 6.92 Å². The molecule has 0 radical (unpaired) electrons. The van der Waals surface area contributed by atoms with Crippen LogP contribution in [0.1, 0.15) is 72.1 Å². The molecule has 3 aliphatic carbocycles. The SMILES string of the molecule is CCOC[C@@]1(O)CC[C@H]2[C@@H](CC[C@@H]3[C@@H]2CCC(C)(C)[C@H]3CCBr)C1. The molecule has 0 spiro atoms. The van der Waals surface area contributed by atoms with Crippen LogP contribution in [0.25, 0.3) is 0 Å². The number of halogens is 1. The molecule has 3 fully saturated rings. The van der Waals surface area contributed by atoms with Crippen LogP contribution < -0.4 is 0 Å². The predicted octanol–water partition coefficient (Wildman–Crippen LogP) is 5.42. The second-order valence-electron chi connectivity index (χ2n) is 9.54. The van der Waals surface area contributed by atoms with Gasteiger partial charge in [0.05, 0.1) is 12.2 Å². The molecule has 3 heteroatoms. The Balaban J connectivity index is 1.70. The number of aliphatic hydroxyl groups is 1. The zero-order valence-electron chi connectivity index (χ0n) is 15.9. The van der Waals surface area contributed by atoms with Gasteiger partial charge in [-0.15, -0.1) is 0 Å². The molecule has 0 unspecified atom stereocenters. The van der Waals surface area contributed by atoms with Crippen LogP contribution >= 0.6 is 15.9 Å². The summed E-state index contributed by atoms with van der Waals surface area (Å²) in [5.41, 5.74) is -0.0423. The Labute approximate surface area is 157 Å². The van der Waals surface area contributed by atoms with Crippen molar-refractivity contribution in [1.29, 1.82) is 0 Å². The third-order valence-corrected chi connectivity index (χ3v) is 8.26. The van der Waals surface area contributed by atoms with Crippen molar-refractivity contribution in [1.82, 2.24) is 0 Å². The fourth-order valence-corrected chi connectivity index (χ4v) is 7.10. The quantitative estimate of drug-likeness (QED) is 0.624. The van der Waals surface area contributed by atoms with Gasteiger partial charge in [0.15, 0.2) is 0 Å². The smallest absolute Gasteiger partial charge is 0.0883 e. The normalized spacial score (nSPS) is 44.6. The van der Waals surface area contributed by atoms with Gasteiger partial charge in [0.25, 0.3) is 0 Å². The summed E-state index contributed by atoms with van der Waals surface area (Å²) >= 11 is 3.71. The summed E-state index contributed by atoms with van der Waals surface area (Å²) in [6.07, 6.45) is 10.0. The van der Waals surface area contributed by atoms with Crippen LogP contribution in [-0.2, 0) is 4.74 Å². The van der Waals surface area contributed by atoms with Crippen LogP contribution in [0.2, 0.25) is 0 Å². The van der Waals surface area contributed by atoms with Gasteiger partial charge in [-0.3, -0.25) is 0 Å². The van der Waals surface area contributed by atoms with Crippen molar-refractivity contribution in [2.45, 2.75) is 77.7 Å². The lowest BCUT2D eigenvalue weighted by Gasteiger charge is -2.57. The largest absolute Gasteiger partial charge is 0.387 e. The van der Waals surface area contributed by atoms with E-state index >= 15 is 0 Å². The molecule has 0 saturated heterocycles. The average Bonchev–Trinajstić information content (AvgIpc) is 2.55. The summed E-state index contributed by atoms with van der Waals surface area (Å²) in [5, 5.41) is 12.1. The monoisotopic (exact) mass is 400 g/mol. The Bertz CT molecular complexity index is 424. The van der Waals surface area contributed by atoms with Gasteiger partial charge in [0, 0.05) is 11.9 Å². The maximum Gasteiger partial charge on any atom is 0.0883 e. The number of fused-ring (bicyclic) bond motifs is 3. The van der Waals surface area contributed by atoms with E-state index in [-0.39, 0.29) is 0 Å². The molecule has 0 aromatic carbocycles. The predicted molar refractivity (Wildman–Crippen MR) is 103 cm³/mol. The molecular weight excluding hydrogens is 364 g/mol. The topological polar surface area (TPSA) is 29.5 Å². The number of hydrogen-bond donors (Lipinski definition) is 1. The van der Waals surface area contributed by atoms with Crippen LogP contribution in [0.3, 0.4) is 0 Å². The fraction of sp³-hybridized carbons (Fsp3) is 1.00. The third kappa shape index (κ3) is 3.74. The zero-order valence-corrected chi connectivity index (χ0v) is 17.5. The van der Waals surface area contributed by atoms with Gasteiger partial charge in [-0.2, -0.15) is 0 Å². The minimum Gasteiger partial charge on any atom is -0.387 e. The number of hydrogen-bond acceptors (Lipinski definition) is 2. The van der Waals surface area contributed by atoms with Crippen LogP contribution in [-0.4, -0.2) is 29.3 Å². The second kappa shape index (κ2) is 7.56. The van der Waals surface area contributed by atoms with Crippen molar-refractivity contribution < 1.29 is 9.84 Å². The number of rotatable bonds is 5. The molecule has 140 valence electrons. The van der Waals surface area contributed by atoms with Gasteiger partial charge in [-0.05, 0) is 93.3 Å². The highest BCUT2D eigenvalue weighted by molar-refractivity contribution is 9.09. The van der Waals surface area contributed by atoms with Crippen LogP contribution in [0.5, 0.6) is 0 Å². The summed E-state index contributed by atoms with van der Waals surface area (Å²) in [6.45, 7) is 8.28. The van der Waals surface area contributed by atoms with E-state index in [1.54, 1.807) is 0 Å². The van der Waals surface area contributed by atoms with Crippen molar-refractivity contribution in [3.63, 3.8) is 0 Å². The molecule has 0 heterocycles. The molecule has 0 aromatic rings. The Morgan fingerprint density at radius 2 is 1.79 bits per heavy atom. The highest BCUT2D eigenvalue weighted by Crippen LogP contribution is 2.59. The summed E-state index contributed by atoms with van der Waals surface area (Å²) in [6, 6.07) is 0. The Morgan fingerprint density at radius 1 is 1.04 bits per heavy atom. The lowest BCUT2D eigenvalue weighted by molar-refractivity contribution is -0.127. The maximum atomic E-state index is 10.9. The standard InChI is InChI=1S/C21H37BrO2/c1-4-24-14-21(23)11-8-16-15(13-21)5-6-18-17(16)7-10-20(2,3)19(18)9-12-22/h15-19,23H,4-14H2,1-3H3/t15-,16-,17+,18+,19-,21+/m0/s1. The molecule has 0 aromatic heterocycles. The van der Waals surface area contributed by atoms with Crippen molar-refractivity contribution in [3.05, 3.63) is 0 Å². The molecule has 6 atom stereocenters. The zero-order chi connectivity index (χ0) is 17.4. The molecule has 3 rings (SSSR count). The lowest BCUT2D eigenvalue weighted by Crippen LogP contribution is -2.51. The van der Waals surface area contributed by atoms with E-state index in [0.29, 0.717) is 18.6 Å². The van der Waals surface area contributed by atoms with Gasteiger partial charge >= 0.3 is 0 Å². The summed E-state index contributed by atoms with van der Waals surface area (Å²) in [5.74, 6) is 4.31. The fourth-order valence-electron chi connectivity index (χ4n) is 6.61. The Hall–Kier alpha value is 0.400. The first-order valence-electron chi connectivity index (χ1n) is 10.3. The molecule has 0 aliphatic heterocycles. The molecule has 2 nitrogen and oxygen atoms in total. The molecule has 0 amide bonds. The maximum absolute atomic E-state index is 10.9. The number of alkyl halides is 1. The van der Waals surface area contributed by atoms with Crippen molar-refractivity contribution in [3.8, 4) is 0 Å². The van der Waals surface area contributed by atoms with E-state index in [9.17, 15) is 5.11 Å². The van der Waals surface area contributed by atoms with Crippen molar-refractivity contribution in [2.24, 2.45) is 35.0 Å².